The topological polar surface area (TPSA) is 54.3 Å². The fraction of sp³-hybridized carbons (Fsp3) is 0.333. The number of hydrogen-bond acceptors (Lipinski definition) is 3. The van der Waals surface area contributed by atoms with E-state index in [1.807, 2.05) is 24.3 Å². The number of amides is 1. The molecule has 0 bridgehead atoms. The number of carbonyl (C=O) groups is 1. The molecule has 1 aromatic heterocycles. The highest BCUT2D eigenvalue weighted by Gasteiger charge is 2.23. The molecule has 1 amide bonds. The summed E-state index contributed by atoms with van der Waals surface area (Å²) in [7, 11) is 1.66. The first-order valence-electron chi connectivity index (χ1n) is 8.01. The lowest BCUT2D eigenvalue weighted by molar-refractivity contribution is 0.0933. The van der Waals surface area contributed by atoms with Crippen LogP contribution in [-0.4, -0.2) is 29.6 Å². The Labute approximate surface area is 145 Å². The predicted molar refractivity (Wildman–Crippen MR) is 95.8 cm³/mol. The Bertz CT molecular complexity index is 803. The summed E-state index contributed by atoms with van der Waals surface area (Å²) < 4.78 is 1.44. The normalized spacial score (nSPS) is 17.6. The van der Waals surface area contributed by atoms with E-state index in [4.69, 9.17) is 11.6 Å². The zero-order chi connectivity index (χ0) is 17.1. The van der Waals surface area contributed by atoms with E-state index < -0.39 is 0 Å². The van der Waals surface area contributed by atoms with Crippen molar-refractivity contribution in [3.63, 3.8) is 0 Å². The van der Waals surface area contributed by atoms with E-state index >= 15 is 0 Å². The average molecular weight is 346 g/mol. The smallest absolute Gasteiger partial charge is 0.251 e. The molecule has 3 rings (SSSR count). The van der Waals surface area contributed by atoms with Crippen LogP contribution in [0.1, 0.15) is 23.2 Å². The Kier molecular flexibility index (Phi) is 4.90. The van der Waals surface area contributed by atoms with Crippen LogP contribution >= 0.6 is 11.6 Å². The van der Waals surface area contributed by atoms with Gasteiger partial charge in [0.2, 0.25) is 0 Å². The van der Waals surface area contributed by atoms with Crippen molar-refractivity contribution in [2.24, 2.45) is 7.05 Å². The number of hydrogen-bond donors (Lipinski definition) is 1. The number of piperidine rings is 1. The molecule has 0 spiro atoms. The van der Waals surface area contributed by atoms with Crippen LogP contribution in [0.25, 0.3) is 0 Å². The van der Waals surface area contributed by atoms with Crippen LogP contribution in [0.4, 0.5) is 5.69 Å². The standard InChI is InChI=1S/C18H20ClN3O2/c1-21-10-8-13(11-17(21)23)18(24)20-14-5-4-9-22(12-14)16-7-3-2-6-15(16)19/h2-3,6-8,10-11,14H,4-5,9,12H2,1H3,(H,20,24). The summed E-state index contributed by atoms with van der Waals surface area (Å²) >= 11 is 6.27. The maximum atomic E-state index is 12.4. The maximum Gasteiger partial charge on any atom is 0.251 e. The van der Waals surface area contributed by atoms with Crippen molar-refractivity contribution in [2.75, 3.05) is 18.0 Å². The summed E-state index contributed by atoms with van der Waals surface area (Å²) in [6.07, 6.45) is 3.50. The molecule has 1 saturated heterocycles. The van der Waals surface area contributed by atoms with E-state index in [2.05, 4.69) is 10.2 Å². The minimum atomic E-state index is -0.210. The van der Waals surface area contributed by atoms with Gasteiger partial charge in [-0.3, -0.25) is 9.59 Å². The molecular formula is C18H20ClN3O2. The van der Waals surface area contributed by atoms with Crippen molar-refractivity contribution < 1.29 is 4.79 Å². The molecule has 1 atom stereocenters. The quantitative estimate of drug-likeness (QED) is 0.929. The Morgan fingerprint density at radius 2 is 2.08 bits per heavy atom. The SMILES string of the molecule is Cn1ccc(C(=O)NC2CCCN(c3ccccc3Cl)C2)cc1=O. The molecule has 0 radical (unpaired) electrons. The van der Waals surface area contributed by atoms with E-state index in [-0.39, 0.29) is 17.5 Å². The summed E-state index contributed by atoms with van der Waals surface area (Å²) in [5.41, 5.74) is 1.20. The van der Waals surface area contributed by atoms with Crippen LogP contribution in [-0.2, 0) is 7.05 Å². The Morgan fingerprint density at radius 1 is 1.29 bits per heavy atom. The molecule has 1 fully saturated rings. The summed E-state index contributed by atoms with van der Waals surface area (Å²) in [6, 6.07) is 10.8. The number of pyridine rings is 1. The first-order chi connectivity index (χ1) is 11.5. The van der Waals surface area contributed by atoms with Gasteiger partial charge in [-0.25, -0.2) is 0 Å². The fourth-order valence-corrected chi connectivity index (χ4v) is 3.24. The zero-order valence-electron chi connectivity index (χ0n) is 13.5. The Hall–Kier alpha value is -2.27. The zero-order valence-corrected chi connectivity index (χ0v) is 14.3. The van der Waals surface area contributed by atoms with Crippen molar-refractivity contribution >= 4 is 23.2 Å². The number of para-hydroxylation sites is 1. The van der Waals surface area contributed by atoms with Gasteiger partial charge in [0.1, 0.15) is 0 Å². The summed E-state index contributed by atoms with van der Waals surface area (Å²) in [6.45, 7) is 1.63. The van der Waals surface area contributed by atoms with Crippen molar-refractivity contribution in [2.45, 2.75) is 18.9 Å². The van der Waals surface area contributed by atoms with Gasteiger partial charge in [-0.2, -0.15) is 0 Å². The molecule has 2 heterocycles. The molecule has 126 valence electrons. The Morgan fingerprint density at radius 3 is 2.83 bits per heavy atom. The molecule has 0 aliphatic carbocycles. The minimum absolute atomic E-state index is 0.0339. The molecular weight excluding hydrogens is 326 g/mol. The monoisotopic (exact) mass is 345 g/mol. The highest BCUT2D eigenvalue weighted by Crippen LogP contribution is 2.27. The van der Waals surface area contributed by atoms with Gasteiger partial charge in [0.15, 0.2) is 0 Å². The van der Waals surface area contributed by atoms with Crippen LogP contribution in [0.2, 0.25) is 5.02 Å². The van der Waals surface area contributed by atoms with Crippen molar-refractivity contribution in [3.05, 3.63) is 63.5 Å². The third kappa shape index (κ3) is 3.62. The molecule has 1 unspecified atom stereocenters. The number of aromatic nitrogens is 1. The fourth-order valence-electron chi connectivity index (χ4n) is 2.98. The molecule has 1 aromatic carbocycles. The van der Waals surface area contributed by atoms with Gasteiger partial charge in [-0.1, -0.05) is 23.7 Å². The number of halogens is 1. The molecule has 1 N–H and O–H groups in total. The van der Waals surface area contributed by atoms with Crippen LogP contribution in [0.3, 0.4) is 0 Å². The summed E-state index contributed by atoms with van der Waals surface area (Å²) in [5, 5.41) is 3.75. The number of rotatable bonds is 3. The van der Waals surface area contributed by atoms with Crippen LogP contribution < -0.4 is 15.8 Å². The second-order valence-electron chi connectivity index (χ2n) is 6.07. The van der Waals surface area contributed by atoms with Gasteiger partial charge < -0.3 is 14.8 Å². The Balaban J connectivity index is 1.69. The van der Waals surface area contributed by atoms with E-state index in [9.17, 15) is 9.59 Å². The highest BCUT2D eigenvalue weighted by molar-refractivity contribution is 6.33. The molecule has 1 aliphatic heterocycles. The van der Waals surface area contributed by atoms with Crippen molar-refractivity contribution in [3.8, 4) is 0 Å². The lowest BCUT2D eigenvalue weighted by Gasteiger charge is -2.35. The lowest BCUT2D eigenvalue weighted by Crippen LogP contribution is -2.48. The molecule has 1 aliphatic rings. The first-order valence-corrected chi connectivity index (χ1v) is 8.39. The van der Waals surface area contributed by atoms with Crippen LogP contribution in [0.5, 0.6) is 0 Å². The summed E-state index contributed by atoms with van der Waals surface area (Å²) in [4.78, 5) is 26.2. The predicted octanol–water partition coefficient (Wildman–Crippen LogP) is 2.44. The van der Waals surface area contributed by atoms with Crippen molar-refractivity contribution in [1.29, 1.82) is 0 Å². The van der Waals surface area contributed by atoms with Crippen LogP contribution in [0.15, 0.2) is 47.4 Å². The number of aryl methyl sites for hydroxylation is 1. The highest BCUT2D eigenvalue weighted by atomic mass is 35.5. The molecule has 0 saturated carbocycles. The van der Waals surface area contributed by atoms with Gasteiger partial charge in [0, 0.05) is 44.0 Å². The van der Waals surface area contributed by atoms with Gasteiger partial charge in [-0.05, 0) is 31.0 Å². The third-order valence-corrected chi connectivity index (χ3v) is 4.64. The number of anilines is 1. The van der Waals surface area contributed by atoms with Gasteiger partial charge in [0.05, 0.1) is 10.7 Å². The minimum Gasteiger partial charge on any atom is -0.368 e. The summed E-state index contributed by atoms with van der Waals surface area (Å²) in [5.74, 6) is -0.210. The molecule has 5 nitrogen and oxygen atoms in total. The molecule has 6 heteroatoms. The number of carbonyl (C=O) groups excluding carboxylic acids is 1. The molecule has 24 heavy (non-hydrogen) atoms. The number of nitrogens with one attached hydrogen (secondary N) is 1. The van der Waals surface area contributed by atoms with Gasteiger partial charge >= 0.3 is 0 Å². The van der Waals surface area contributed by atoms with Crippen LogP contribution in [0, 0.1) is 0 Å². The van der Waals surface area contributed by atoms with Crippen molar-refractivity contribution in [1.82, 2.24) is 9.88 Å². The third-order valence-electron chi connectivity index (χ3n) is 4.32. The van der Waals surface area contributed by atoms with E-state index in [1.54, 1.807) is 19.3 Å². The number of benzene rings is 1. The van der Waals surface area contributed by atoms with Gasteiger partial charge in [0.25, 0.3) is 11.5 Å². The number of nitrogens with zero attached hydrogens (tertiary/aromatic N) is 2. The first kappa shape index (κ1) is 16.6. The van der Waals surface area contributed by atoms with E-state index in [1.165, 1.54) is 10.6 Å². The second kappa shape index (κ2) is 7.09. The lowest BCUT2D eigenvalue weighted by atomic mass is 10.0. The maximum absolute atomic E-state index is 12.4. The largest absolute Gasteiger partial charge is 0.368 e. The van der Waals surface area contributed by atoms with Gasteiger partial charge in [-0.15, -0.1) is 0 Å². The second-order valence-corrected chi connectivity index (χ2v) is 6.48. The average Bonchev–Trinajstić information content (AvgIpc) is 2.58. The van der Waals surface area contributed by atoms with E-state index in [0.29, 0.717) is 12.1 Å². The van der Waals surface area contributed by atoms with E-state index in [0.717, 1.165) is 30.1 Å². The molecule has 2 aromatic rings.